The molecule has 0 radical (unpaired) electrons. The molecule has 0 aliphatic heterocycles. The van der Waals surface area contributed by atoms with Crippen LogP contribution in [0.4, 0.5) is 4.39 Å². The van der Waals surface area contributed by atoms with Crippen LogP contribution in [0.25, 0.3) is 0 Å². The van der Waals surface area contributed by atoms with Crippen molar-refractivity contribution in [2.45, 2.75) is 6.10 Å². The van der Waals surface area contributed by atoms with Gasteiger partial charge < -0.3 is 14.9 Å². The summed E-state index contributed by atoms with van der Waals surface area (Å²) >= 11 is 0. The number of aromatic nitrogens is 2. The molecule has 2 N–H and O–H groups in total. The maximum absolute atomic E-state index is 12.7. The van der Waals surface area contributed by atoms with E-state index in [4.69, 9.17) is 10.2 Å². The van der Waals surface area contributed by atoms with Crippen molar-refractivity contribution >= 4 is 0 Å². The van der Waals surface area contributed by atoms with Crippen LogP contribution in [0.3, 0.4) is 0 Å². The number of hydrogen-bond donors (Lipinski definition) is 2. The number of hydrogen-bond acceptors (Lipinski definition) is 5. The Hall–Kier alpha value is -1.27. The Kier molecular flexibility index (Phi) is 3.10. The molecule has 1 unspecified atom stereocenters. The minimum atomic E-state index is -1.21. The molecule has 0 amide bonds. The van der Waals surface area contributed by atoms with Gasteiger partial charge in [-0.25, -0.2) is 4.98 Å². The summed E-state index contributed by atoms with van der Waals surface area (Å²) in [6.07, 6.45) is -0.338. The van der Waals surface area contributed by atoms with Crippen molar-refractivity contribution in [2.75, 3.05) is 13.7 Å². The number of aliphatic hydroxyl groups is 2. The summed E-state index contributed by atoms with van der Waals surface area (Å²) in [5, 5.41) is 17.6. The van der Waals surface area contributed by atoms with Crippen molar-refractivity contribution in [3.8, 4) is 5.88 Å². The van der Waals surface area contributed by atoms with Gasteiger partial charge in [0.2, 0.25) is 5.82 Å². The second-order valence-corrected chi connectivity index (χ2v) is 2.28. The summed E-state index contributed by atoms with van der Waals surface area (Å²) in [6, 6.07) is 0. The van der Waals surface area contributed by atoms with E-state index in [0.717, 1.165) is 6.20 Å². The molecule has 1 aromatic rings. The second kappa shape index (κ2) is 4.11. The van der Waals surface area contributed by atoms with Crippen molar-refractivity contribution < 1.29 is 19.3 Å². The fraction of sp³-hybridized carbons (Fsp3) is 0.429. The molecule has 0 saturated carbocycles. The molecule has 5 nitrogen and oxygen atoms in total. The Bertz CT molecular complexity index is 295. The molecule has 0 aliphatic carbocycles. The topological polar surface area (TPSA) is 75.5 Å². The molecule has 0 bridgehead atoms. The lowest BCUT2D eigenvalue weighted by atomic mass is 10.3. The monoisotopic (exact) mass is 188 g/mol. The lowest BCUT2D eigenvalue weighted by molar-refractivity contribution is 0.0877. The van der Waals surface area contributed by atoms with E-state index in [0.29, 0.717) is 0 Å². The summed E-state index contributed by atoms with van der Waals surface area (Å²) in [7, 11) is 1.25. The highest BCUT2D eigenvalue weighted by Gasteiger charge is 2.13. The van der Waals surface area contributed by atoms with Crippen LogP contribution in [0.5, 0.6) is 5.88 Å². The summed E-state index contributed by atoms with van der Waals surface area (Å²) in [6.45, 7) is -0.519. The molecule has 0 saturated heterocycles. The lowest BCUT2D eigenvalue weighted by Gasteiger charge is -2.06. The van der Waals surface area contributed by atoms with Crippen LogP contribution in [0, 0.1) is 5.82 Å². The minimum Gasteiger partial charge on any atom is -0.479 e. The second-order valence-electron chi connectivity index (χ2n) is 2.28. The maximum atomic E-state index is 12.7. The van der Waals surface area contributed by atoms with Gasteiger partial charge in [0.15, 0.2) is 5.82 Å². The Labute approximate surface area is 73.8 Å². The van der Waals surface area contributed by atoms with Gasteiger partial charge in [-0.1, -0.05) is 0 Å². The van der Waals surface area contributed by atoms with E-state index in [1.54, 1.807) is 0 Å². The zero-order chi connectivity index (χ0) is 9.84. The fourth-order valence-electron chi connectivity index (χ4n) is 0.750. The molecule has 13 heavy (non-hydrogen) atoms. The Morgan fingerprint density at radius 1 is 1.69 bits per heavy atom. The summed E-state index contributed by atoms with van der Waals surface area (Å²) in [5.41, 5.74) is 0. The van der Waals surface area contributed by atoms with Crippen LogP contribution in [0.2, 0.25) is 0 Å². The zero-order valence-corrected chi connectivity index (χ0v) is 6.94. The normalized spacial score (nSPS) is 12.6. The average molecular weight is 188 g/mol. The molecule has 1 rings (SSSR count). The van der Waals surface area contributed by atoms with Gasteiger partial charge in [-0.2, -0.15) is 9.37 Å². The van der Waals surface area contributed by atoms with Crippen molar-refractivity contribution in [1.82, 2.24) is 9.97 Å². The number of halogens is 1. The Morgan fingerprint density at radius 2 is 2.38 bits per heavy atom. The predicted octanol–water partition coefficient (Wildman–Crippen LogP) is -0.350. The molecular weight excluding hydrogens is 179 g/mol. The van der Waals surface area contributed by atoms with Gasteiger partial charge in [0.1, 0.15) is 6.10 Å². The third-order valence-electron chi connectivity index (χ3n) is 1.39. The van der Waals surface area contributed by atoms with Crippen LogP contribution in [0.15, 0.2) is 6.20 Å². The third-order valence-corrected chi connectivity index (χ3v) is 1.39. The first-order chi connectivity index (χ1) is 6.19. The van der Waals surface area contributed by atoms with Gasteiger partial charge in [-0.15, -0.1) is 0 Å². The lowest BCUT2D eigenvalue weighted by Crippen LogP contribution is -2.09. The number of rotatable bonds is 3. The van der Waals surface area contributed by atoms with Gasteiger partial charge in [-0.05, 0) is 0 Å². The van der Waals surface area contributed by atoms with E-state index < -0.39 is 18.5 Å². The molecular formula is C7H9FN2O3. The molecule has 6 heteroatoms. The smallest absolute Gasteiger partial charge is 0.253 e. The molecule has 0 aliphatic rings. The van der Waals surface area contributed by atoms with Gasteiger partial charge in [0, 0.05) is 0 Å². The van der Waals surface area contributed by atoms with E-state index >= 15 is 0 Å². The largest absolute Gasteiger partial charge is 0.479 e. The van der Waals surface area contributed by atoms with E-state index in [1.165, 1.54) is 7.11 Å². The van der Waals surface area contributed by atoms with Crippen LogP contribution in [0.1, 0.15) is 11.9 Å². The van der Waals surface area contributed by atoms with Crippen LogP contribution in [-0.2, 0) is 0 Å². The molecule has 0 spiro atoms. The molecule has 0 fully saturated rings. The highest BCUT2D eigenvalue weighted by Crippen LogP contribution is 2.14. The van der Waals surface area contributed by atoms with E-state index in [1.807, 2.05) is 0 Å². The third kappa shape index (κ3) is 2.10. The van der Waals surface area contributed by atoms with Gasteiger partial charge in [0.05, 0.1) is 19.9 Å². The quantitative estimate of drug-likeness (QED) is 0.678. The first kappa shape index (κ1) is 9.82. The molecule has 0 aromatic carbocycles. The van der Waals surface area contributed by atoms with Gasteiger partial charge in [0.25, 0.3) is 5.88 Å². The van der Waals surface area contributed by atoms with Crippen molar-refractivity contribution in [3.63, 3.8) is 0 Å². The molecule has 1 heterocycles. The van der Waals surface area contributed by atoms with Gasteiger partial charge in [-0.3, -0.25) is 0 Å². The first-order valence-electron chi connectivity index (χ1n) is 3.54. The van der Waals surface area contributed by atoms with Gasteiger partial charge >= 0.3 is 0 Å². The van der Waals surface area contributed by atoms with E-state index in [-0.39, 0.29) is 11.7 Å². The van der Waals surface area contributed by atoms with Crippen molar-refractivity contribution in [2.24, 2.45) is 0 Å². The van der Waals surface area contributed by atoms with Crippen LogP contribution >= 0.6 is 0 Å². The highest BCUT2D eigenvalue weighted by molar-refractivity contribution is 5.12. The molecule has 1 aromatic heterocycles. The molecule has 72 valence electrons. The summed E-state index contributed by atoms with van der Waals surface area (Å²) < 4.78 is 17.3. The average Bonchev–Trinajstić information content (AvgIpc) is 2.17. The van der Waals surface area contributed by atoms with E-state index in [2.05, 4.69) is 14.7 Å². The number of aliphatic hydroxyl groups excluding tert-OH is 2. The summed E-state index contributed by atoms with van der Waals surface area (Å²) in [4.78, 5) is 7.02. The zero-order valence-electron chi connectivity index (χ0n) is 6.94. The fourth-order valence-corrected chi connectivity index (χ4v) is 0.750. The number of nitrogens with zero attached hydrogens (tertiary/aromatic N) is 2. The standard InChI is InChI=1S/C7H9FN2O3/c1-13-7-4(8)2-9-6(10-7)5(12)3-11/h2,5,11-12H,3H2,1H3. The highest BCUT2D eigenvalue weighted by atomic mass is 19.1. The predicted molar refractivity (Wildman–Crippen MR) is 40.6 cm³/mol. The maximum Gasteiger partial charge on any atom is 0.253 e. The van der Waals surface area contributed by atoms with Crippen molar-refractivity contribution in [3.05, 3.63) is 17.8 Å². The first-order valence-corrected chi connectivity index (χ1v) is 3.54. The number of methoxy groups -OCH3 is 1. The van der Waals surface area contributed by atoms with Crippen molar-refractivity contribution in [1.29, 1.82) is 0 Å². The van der Waals surface area contributed by atoms with E-state index in [9.17, 15) is 4.39 Å². The SMILES string of the molecule is COc1nc(C(O)CO)ncc1F. The Balaban J connectivity index is 2.99. The Morgan fingerprint density at radius 3 is 2.92 bits per heavy atom. The van der Waals surface area contributed by atoms with Crippen LogP contribution < -0.4 is 4.74 Å². The molecule has 1 atom stereocenters. The minimum absolute atomic E-state index is 0.0687. The number of ether oxygens (including phenoxy) is 1. The van der Waals surface area contributed by atoms with Crippen LogP contribution in [-0.4, -0.2) is 33.9 Å². The summed E-state index contributed by atoms with van der Waals surface area (Å²) in [5.74, 6) is -1.03.